The van der Waals surface area contributed by atoms with Gasteiger partial charge in [-0.2, -0.15) is 0 Å². The zero-order chi connectivity index (χ0) is 8.32. The minimum absolute atomic E-state index is 0.321. The molecule has 60 valence electrons. The number of cyclic esters (lactones) is 1. The molecule has 0 fully saturated rings. The molecule has 3 nitrogen and oxygen atoms in total. The van der Waals surface area contributed by atoms with Crippen LogP contribution in [0.3, 0.4) is 0 Å². The smallest absolute Gasteiger partial charge is 0.331 e. The highest BCUT2D eigenvalue weighted by Crippen LogP contribution is 2.23. The number of hydrogen-bond donors (Lipinski definition) is 0. The third kappa shape index (κ3) is 1.90. The van der Waals surface area contributed by atoms with E-state index in [9.17, 15) is 9.59 Å². The van der Waals surface area contributed by atoms with Gasteiger partial charge in [-0.05, 0) is 19.4 Å². The van der Waals surface area contributed by atoms with Crippen LogP contribution in [0.5, 0.6) is 0 Å². The highest BCUT2D eigenvalue weighted by molar-refractivity contribution is 5.85. The van der Waals surface area contributed by atoms with E-state index in [0.29, 0.717) is 12.8 Å². The summed E-state index contributed by atoms with van der Waals surface area (Å²) in [5.74, 6) is -0.321. The van der Waals surface area contributed by atoms with Crippen LogP contribution in [-0.2, 0) is 14.3 Å². The van der Waals surface area contributed by atoms with Gasteiger partial charge in [0.05, 0.1) is 0 Å². The van der Waals surface area contributed by atoms with E-state index in [2.05, 4.69) is 0 Å². The molecule has 0 aliphatic carbocycles. The molecule has 0 saturated carbocycles. The Hall–Kier alpha value is -1.12. The lowest BCUT2D eigenvalue weighted by Gasteiger charge is -2.19. The second kappa shape index (κ2) is 2.86. The summed E-state index contributed by atoms with van der Waals surface area (Å²) < 4.78 is 4.94. The topological polar surface area (TPSA) is 43.4 Å². The molecule has 1 aliphatic rings. The first-order valence-electron chi connectivity index (χ1n) is 3.52. The molecule has 3 heteroatoms. The van der Waals surface area contributed by atoms with E-state index in [0.717, 1.165) is 6.29 Å². The minimum atomic E-state index is -0.544. The predicted molar refractivity (Wildman–Crippen MR) is 38.9 cm³/mol. The zero-order valence-corrected chi connectivity index (χ0v) is 6.37. The van der Waals surface area contributed by atoms with Gasteiger partial charge in [-0.1, -0.05) is 0 Å². The summed E-state index contributed by atoms with van der Waals surface area (Å²) in [6, 6.07) is 0. The van der Waals surface area contributed by atoms with E-state index in [1.54, 1.807) is 13.0 Å². The van der Waals surface area contributed by atoms with Crippen molar-refractivity contribution in [3.63, 3.8) is 0 Å². The molecule has 1 heterocycles. The van der Waals surface area contributed by atoms with E-state index < -0.39 is 5.60 Å². The van der Waals surface area contributed by atoms with E-state index >= 15 is 0 Å². The van der Waals surface area contributed by atoms with Crippen LogP contribution in [0.4, 0.5) is 0 Å². The van der Waals surface area contributed by atoms with Crippen molar-refractivity contribution in [2.75, 3.05) is 0 Å². The molecule has 0 saturated heterocycles. The number of carbonyl (C=O) groups is 2. The van der Waals surface area contributed by atoms with Crippen molar-refractivity contribution in [2.45, 2.75) is 25.4 Å². The van der Waals surface area contributed by atoms with E-state index in [1.165, 1.54) is 6.08 Å². The lowest BCUT2D eigenvalue weighted by atomic mass is 10.0. The van der Waals surface area contributed by atoms with Crippen LogP contribution in [0.1, 0.15) is 19.8 Å². The first kappa shape index (κ1) is 7.98. The third-order valence-electron chi connectivity index (χ3n) is 1.66. The van der Waals surface area contributed by atoms with Gasteiger partial charge in [0, 0.05) is 12.5 Å². The lowest BCUT2D eigenvalue weighted by molar-refractivity contribution is -0.145. The van der Waals surface area contributed by atoms with Gasteiger partial charge < -0.3 is 9.53 Å². The summed E-state index contributed by atoms with van der Waals surface area (Å²) in [6.45, 7) is 1.79. The third-order valence-corrected chi connectivity index (χ3v) is 1.66. The Kier molecular flexibility index (Phi) is 2.08. The average molecular weight is 154 g/mol. The van der Waals surface area contributed by atoms with E-state index in [-0.39, 0.29) is 5.97 Å². The van der Waals surface area contributed by atoms with Crippen LogP contribution in [0.2, 0.25) is 0 Å². The first-order chi connectivity index (χ1) is 5.16. The van der Waals surface area contributed by atoms with Gasteiger partial charge >= 0.3 is 5.97 Å². The van der Waals surface area contributed by atoms with Crippen LogP contribution in [0.25, 0.3) is 0 Å². The summed E-state index contributed by atoms with van der Waals surface area (Å²) >= 11 is 0. The van der Waals surface area contributed by atoms with Gasteiger partial charge in [-0.3, -0.25) is 0 Å². The van der Waals surface area contributed by atoms with Crippen LogP contribution < -0.4 is 0 Å². The molecule has 0 aromatic heterocycles. The second-order valence-electron chi connectivity index (χ2n) is 2.77. The fourth-order valence-electron chi connectivity index (χ4n) is 1.02. The fraction of sp³-hybridized carbons (Fsp3) is 0.500. The average Bonchev–Trinajstić information content (AvgIpc) is 2.28. The number of ether oxygens (including phenoxy) is 1. The van der Waals surface area contributed by atoms with Crippen molar-refractivity contribution in [1.29, 1.82) is 0 Å². The van der Waals surface area contributed by atoms with Gasteiger partial charge in [0.25, 0.3) is 0 Å². The number of aldehydes is 1. The van der Waals surface area contributed by atoms with Gasteiger partial charge in [-0.15, -0.1) is 0 Å². The monoisotopic (exact) mass is 154 g/mol. The number of esters is 1. The Bertz CT molecular complexity index is 207. The quantitative estimate of drug-likeness (QED) is 0.447. The number of hydrogen-bond acceptors (Lipinski definition) is 3. The van der Waals surface area contributed by atoms with Crippen LogP contribution in [-0.4, -0.2) is 17.9 Å². The molecule has 0 amide bonds. The number of rotatable bonds is 3. The first-order valence-corrected chi connectivity index (χ1v) is 3.52. The fourth-order valence-corrected chi connectivity index (χ4v) is 1.02. The molecule has 0 N–H and O–H groups in total. The van der Waals surface area contributed by atoms with Gasteiger partial charge in [0.2, 0.25) is 0 Å². The van der Waals surface area contributed by atoms with E-state index in [1.807, 2.05) is 0 Å². The Morgan fingerprint density at radius 2 is 2.45 bits per heavy atom. The normalized spacial score (nSPS) is 28.6. The second-order valence-corrected chi connectivity index (χ2v) is 2.77. The summed E-state index contributed by atoms with van der Waals surface area (Å²) in [5, 5.41) is 0. The highest BCUT2D eigenvalue weighted by atomic mass is 16.6. The van der Waals surface area contributed by atoms with Crippen molar-refractivity contribution in [2.24, 2.45) is 0 Å². The maximum atomic E-state index is 10.6. The maximum Gasteiger partial charge on any atom is 0.331 e. The SMILES string of the molecule is C[C@@]1(CCC=O)C=CC(=O)O1. The molecule has 1 rings (SSSR count). The molecule has 0 bridgehead atoms. The Balaban J connectivity index is 2.49. The highest BCUT2D eigenvalue weighted by Gasteiger charge is 2.29. The molecule has 0 radical (unpaired) electrons. The van der Waals surface area contributed by atoms with Crippen molar-refractivity contribution in [1.82, 2.24) is 0 Å². The maximum absolute atomic E-state index is 10.6. The van der Waals surface area contributed by atoms with Crippen LogP contribution in [0, 0.1) is 0 Å². The largest absolute Gasteiger partial charge is 0.452 e. The molecule has 0 unspecified atom stereocenters. The van der Waals surface area contributed by atoms with Crippen molar-refractivity contribution >= 4 is 12.3 Å². The summed E-state index contributed by atoms with van der Waals surface area (Å²) in [5.41, 5.74) is -0.544. The Morgan fingerprint density at radius 3 is 2.91 bits per heavy atom. The molecule has 0 spiro atoms. The molecule has 0 aromatic carbocycles. The molecule has 1 aliphatic heterocycles. The summed E-state index contributed by atoms with van der Waals surface area (Å²) in [6.07, 6.45) is 4.90. The lowest BCUT2D eigenvalue weighted by Crippen LogP contribution is -2.23. The minimum Gasteiger partial charge on any atom is -0.452 e. The molecule has 1 atom stereocenters. The standard InChI is InChI=1S/C8H10O3/c1-8(4-2-6-9)5-3-7(10)11-8/h3,5-6H,2,4H2,1H3/t8-/m1/s1. The summed E-state index contributed by atoms with van der Waals surface area (Å²) in [4.78, 5) is 20.6. The molecule has 11 heavy (non-hydrogen) atoms. The van der Waals surface area contributed by atoms with Crippen LogP contribution in [0.15, 0.2) is 12.2 Å². The summed E-state index contributed by atoms with van der Waals surface area (Å²) in [7, 11) is 0. The van der Waals surface area contributed by atoms with Crippen molar-refractivity contribution < 1.29 is 14.3 Å². The Morgan fingerprint density at radius 1 is 1.73 bits per heavy atom. The zero-order valence-electron chi connectivity index (χ0n) is 6.37. The van der Waals surface area contributed by atoms with Gasteiger partial charge in [0.1, 0.15) is 11.9 Å². The van der Waals surface area contributed by atoms with Crippen molar-refractivity contribution in [3.8, 4) is 0 Å². The molecule has 0 aromatic rings. The molecular weight excluding hydrogens is 144 g/mol. The van der Waals surface area contributed by atoms with Crippen molar-refractivity contribution in [3.05, 3.63) is 12.2 Å². The Labute approximate surface area is 65.0 Å². The van der Waals surface area contributed by atoms with E-state index in [4.69, 9.17) is 4.74 Å². The number of carbonyl (C=O) groups excluding carboxylic acids is 2. The van der Waals surface area contributed by atoms with Gasteiger partial charge in [-0.25, -0.2) is 4.79 Å². The molecular formula is C8H10O3. The predicted octanol–water partition coefficient (Wildman–Crippen LogP) is 0.837. The van der Waals surface area contributed by atoms with Crippen LogP contribution >= 0.6 is 0 Å². The van der Waals surface area contributed by atoms with Gasteiger partial charge in [0.15, 0.2) is 0 Å².